The molecule has 0 aromatic heterocycles. The minimum Gasteiger partial charge on any atom is -0.352 e. The molecule has 0 heterocycles. The Hall–Kier alpha value is -2.47. The molecule has 0 saturated heterocycles. The van der Waals surface area contributed by atoms with Crippen molar-refractivity contribution in [2.45, 2.75) is 44.6 Å². The van der Waals surface area contributed by atoms with Crippen LogP contribution in [0.4, 0.5) is 0 Å². The van der Waals surface area contributed by atoms with Gasteiger partial charge in [0.1, 0.15) is 6.04 Å². The Morgan fingerprint density at radius 2 is 1.54 bits per heavy atom. The van der Waals surface area contributed by atoms with Gasteiger partial charge in [-0.25, -0.2) is 0 Å². The van der Waals surface area contributed by atoms with Gasteiger partial charge in [-0.05, 0) is 42.7 Å². The van der Waals surface area contributed by atoms with Gasteiger partial charge in [0.15, 0.2) is 0 Å². The molecule has 0 aliphatic carbocycles. The first-order chi connectivity index (χ1) is 16.8. The van der Waals surface area contributed by atoms with Gasteiger partial charge in [-0.3, -0.25) is 9.59 Å². The molecule has 0 spiro atoms. The average Bonchev–Trinajstić information content (AvgIpc) is 2.83. The van der Waals surface area contributed by atoms with Crippen LogP contribution in [0.15, 0.2) is 78.9 Å². The van der Waals surface area contributed by atoms with E-state index in [9.17, 15) is 9.59 Å². The monoisotopic (exact) mass is 528 g/mol. The lowest BCUT2D eigenvalue weighted by molar-refractivity contribution is -0.139. The van der Waals surface area contributed by atoms with E-state index in [1.54, 1.807) is 17.0 Å². The Labute approximate surface area is 222 Å². The first kappa shape index (κ1) is 27.1. The fourth-order valence-corrected chi connectivity index (χ4v) is 5.15. The molecule has 0 aliphatic rings. The highest BCUT2D eigenvalue weighted by atomic mass is 35.5. The second-order valence-corrected chi connectivity index (χ2v) is 10.4. The van der Waals surface area contributed by atoms with Crippen LogP contribution >= 0.6 is 35.0 Å². The number of rotatable bonds is 11. The molecule has 7 heteroatoms. The highest BCUT2D eigenvalue weighted by Crippen LogP contribution is 2.25. The van der Waals surface area contributed by atoms with Crippen LogP contribution in [0.2, 0.25) is 10.0 Å². The predicted molar refractivity (Wildman–Crippen MR) is 147 cm³/mol. The van der Waals surface area contributed by atoms with Crippen LogP contribution in [0.5, 0.6) is 0 Å². The van der Waals surface area contributed by atoms with Gasteiger partial charge in [0.2, 0.25) is 11.8 Å². The Kier molecular flexibility index (Phi) is 10.5. The van der Waals surface area contributed by atoms with E-state index < -0.39 is 6.04 Å². The number of carbonyl (C=O) groups excluding carboxylic acids is 2. The molecule has 2 amide bonds. The molecule has 4 nitrogen and oxygen atoms in total. The van der Waals surface area contributed by atoms with Crippen LogP contribution in [0.3, 0.4) is 0 Å². The highest BCUT2D eigenvalue weighted by molar-refractivity contribution is 7.99. The molecule has 0 aliphatic heterocycles. The van der Waals surface area contributed by atoms with E-state index in [2.05, 4.69) is 5.32 Å². The maximum Gasteiger partial charge on any atom is 0.243 e. The van der Waals surface area contributed by atoms with Crippen LogP contribution in [0, 0.1) is 0 Å². The first-order valence-corrected chi connectivity index (χ1v) is 13.4. The van der Waals surface area contributed by atoms with Crippen molar-refractivity contribution in [1.82, 2.24) is 10.2 Å². The maximum atomic E-state index is 13.6. The summed E-state index contributed by atoms with van der Waals surface area (Å²) in [5, 5.41) is 4.17. The van der Waals surface area contributed by atoms with Crippen molar-refractivity contribution >= 4 is 46.8 Å². The quantitative estimate of drug-likeness (QED) is 0.313. The number of benzene rings is 3. The van der Waals surface area contributed by atoms with Crippen LogP contribution in [-0.2, 0) is 28.3 Å². The third kappa shape index (κ3) is 8.60. The zero-order valence-corrected chi connectivity index (χ0v) is 22.2. The van der Waals surface area contributed by atoms with Gasteiger partial charge in [0.25, 0.3) is 0 Å². The standard InChI is InChI=1S/C28H30Cl2N2O2S/c1-20(2)31-28(34)26(15-21-9-5-3-6-10-21)32(17-22-11-7-4-8-12-22)27(33)19-35-18-23-13-14-24(29)16-25(23)30/h3-14,16,20,26H,15,17-19H2,1-2H3,(H,31,34)/t26-/m0/s1. The number of thioether (sulfide) groups is 1. The molecule has 0 radical (unpaired) electrons. The van der Waals surface area contributed by atoms with Crippen LogP contribution < -0.4 is 5.32 Å². The largest absolute Gasteiger partial charge is 0.352 e. The van der Waals surface area contributed by atoms with E-state index in [4.69, 9.17) is 23.2 Å². The third-order valence-corrected chi connectivity index (χ3v) is 6.95. The second-order valence-electron chi connectivity index (χ2n) is 8.60. The van der Waals surface area contributed by atoms with E-state index in [0.29, 0.717) is 28.8 Å². The molecule has 1 N–H and O–H groups in total. The Morgan fingerprint density at radius 1 is 0.914 bits per heavy atom. The Morgan fingerprint density at radius 3 is 2.14 bits per heavy atom. The summed E-state index contributed by atoms with van der Waals surface area (Å²) >= 11 is 13.8. The molecule has 0 saturated carbocycles. The number of amides is 2. The van der Waals surface area contributed by atoms with Crippen molar-refractivity contribution in [2.24, 2.45) is 0 Å². The first-order valence-electron chi connectivity index (χ1n) is 11.5. The average molecular weight is 530 g/mol. The SMILES string of the molecule is CC(C)NC(=O)[C@H](Cc1ccccc1)N(Cc1ccccc1)C(=O)CSCc1ccc(Cl)cc1Cl. The van der Waals surface area contributed by atoms with Crippen molar-refractivity contribution in [3.8, 4) is 0 Å². The van der Waals surface area contributed by atoms with Crippen LogP contribution in [0.25, 0.3) is 0 Å². The van der Waals surface area contributed by atoms with Gasteiger partial charge in [0.05, 0.1) is 5.75 Å². The lowest BCUT2D eigenvalue weighted by Gasteiger charge is -2.32. The second kappa shape index (κ2) is 13.6. The van der Waals surface area contributed by atoms with Crippen molar-refractivity contribution in [2.75, 3.05) is 5.75 Å². The lowest BCUT2D eigenvalue weighted by Crippen LogP contribution is -2.52. The minimum absolute atomic E-state index is 0.0316. The minimum atomic E-state index is -0.632. The number of hydrogen-bond acceptors (Lipinski definition) is 3. The lowest BCUT2D eigenvalue weighted by atomic mass is 10.0. The molecule has 3 aromatic rings. The third-order valence-electron chi connectivity index (χ3n) is 5.40. The smallest absolute Gasteiger partial charge is 0.243 e. The molecule has 1 atom stereocenters. The summed E-state index contributed by atoms with van der Waals surface area (Å²) < 4.78 is 0. The molecule has 3 rings (SSSR count). The molecular weight excluding hydrogens is 499 g/mol. The number of halogens is 2. The summed E-state index contributed by atoms with van der Waals surface area (Å²) in [6.45, 7) is 4.20. The maximum absolute atomic E-state index is 13.6. The molecule has 0 bridgehead atoms. The summed E-state index contributed by atoms with van der Waals surface area (Å²) in [4.78, 5) is 28.6. The fourth-order valence-electron chi connectivity index (χ4n) is 3.68. The van der Waals surface area contributed by atoms with Crippen molar-refractivity contribution < 1.29 is 9.59 Å². The molecule has 0 unspecified atom stereocenters. The van der Waals surface area contributed by atoms with E-state index in [0.717, 1.165) is 16.7 Å². The van der Waals surface area contributed by atoms with Crippen molar-refractivity contribution in [3.63, 3.8) is 0 Å². The zero-order valence-electron chi connectivity index (χ0n) is 19.9. The topological polar surface area (TPSA) is 49.4 Å². The van der Waals surface area contributed by atoms with Crippen molar-refractivity contribution in [1.29, 1.82) is 0 Å². The fraction of sp³-hybridized carbons (Fsp3) is 0.286. The molecule has 35 heavy (non-hydrogen) atoms. The number of nitrogens with one attached hydrogen (secondary N) is 1. The number of hydrogen-bond donors (Lipinski definition) is 1. The van der Waals surface area contributed by atoms with Gasteiger partial charge < -0.3 is 10.2 Å². The predicted octanol–water partition coefficient (Wildman–Crippen LogP) is 6.39. The molecule has 184 valence electrons. The number of carbonyl (C=O) groups is 2. The summed E-state index contributed by atoms with van der Waals surface area (Å²) in [5.41, 5.74) is 2.90. The van der Waals surface area contributed by atoms with Gasteiger partial charge in [-0.1, -0.05) is 89.9 Å². The van der Waals surface area contributed by atoms with Gasteiger partial charge >= 0.3 is 0 Å². The van der Waals surface area contributed by atoms with Gasteiger partial charge in [-0.2, -0.15) is 0 Å². The normalized spacial score (nSPS) is 11.8. The molecule has 3 aromatic carbocycles. The number of nitrogens with zero attached hydrogens (tertiary/aromatic N) is 1. The molecule has 0 fully saturated rings. The Balaban J connectivity index is 1.82. The van der Waals surface area contributed by atoms with E-state index in [-0.39, 0.29) is 23.6 Å². The summed E-state index contributed by atoms with van der Waals surface area (Å²) in [7, 11) is 0. The van der Waals surface area contributed by atoms with E-state index in [1.807, 2.05) is 80.6 Å². The Bertz CT molecular complexity index is 1110. The summed E-state index contributed by atoms with van der Waals surface area (Å²) in [5.74, 6) is 0.553. The van der Waals surface area contributed by atoms with Crippen LogP contribution in [-0.4, -0.2) is 34.6 Å². The van der Waals surface area contributed by atoms with E-state index in [1.165, 1.54) is 11.8 Å². The van der Waals surface area contributed by atoms with Crippen molar-refractivity contribution in [3.05, 3.63) is 106 Å². The van der Waals surface area contributed by atoms with Gasteiger partial charge in [0, 0.05) is 34.8 Å². The molecular formula is C28H30Cl2N2O2S. The summed E-state index contributed by atoms with van der Waals surface area (Å²) in [6, 6.07) is 24.3. The highest BCUT2D eigenvalue weighted by Gasteiger charge is 2.30. The van der Waals surface area contributed by atoms with Crippen LogP contribution in [0.1, 0.15) is 30.5 Å². The van der Waals surface area contributed by atoms with E-state index >= 15 is 0 Å². The zero-order chi connectivity index (χ0) is 25.2. The van der Waals surface area contributed by atoms with Gasteiger partial charge in [-0.15, -0.1) is 11.8 Å². The summed E-state index contributed by atoms with van der Waals surface area (Å²) in [6.07, 6.45) is 0.436.